The van der Waals surface area contributed by atoms with Crippen LogP contribution in [0.5, 0.6) is 0 Å². The highest BCUT2D eigenvalue weighted by Gasteiger charge is 2.23. The smallest absolute Gasteiger partial charge is 0.120 e. The number of carbonyl (C=O) groups is 1. The number of aldehydes is 1. The third-order valence-electron chi connectivity index (χ3n) is 2.22. The van der Waals surface area contributed by atoms with Gasteiger partial charge in [0.2, 0.25) is 0 Å². The van der Waals surface area contributed by atoms with E-state index in [2.05, 4.69) is 0 Å². The van der Waals surface area contributed by atoms with Crippen molar-refractivity contribution in [2.75, 3.05) is 0 Å². The topological polar surface area (TPSA) is 17.1 Å². The monoisotopic (exact) mass is 144 g/mol. The maximum absolute atomic E-state index is 12.9. The van der Waals surface area contributed by atoms with Crippen LogP contribution < -0.4 is 0 Å². The Morgan fingerprint density at radius 3 is 2.70 bits per heavy atom. The fraction of sp³-hybridized carbons (Fsp3) is 0.875. The minimum Gasteiger partial charge on any atom is -0.303 e. The van der Waals surface area contributed by atoms with Gasteiger partial charge in [0.15, 0.2) is 0 Å². The number of hydrogen-bond donors (Lipinski definition) is 0. The lowest BCUT2D eigenvalue weighted by Crippen LogP contribution is -2.20. The molecule has 1 rings (SSSR count). The first-order valence-electron chi connectivity index (χ1n) is 3.92. The van der Waals surface area contributed by atoms with Crippen LogP contribution >= 0.6 is 0 Å². The quantitative estimate of drug-likeness (QED) is 0.542. The van der Waals surface area contributed by atoms with Gasteiger partial charge in [0.05, 0.1) is 0 Å². The zero-order valence-corrected chi connectivity index (χ0v) is 6.05. The van der Waals surface area contributed by atoms with Crippen LogP contribution in [0.15, 0.2) is 0 Å². The summed E-state index contributed by atoms with van der Waals surface area (Å²) in [5.74, 6) is 0.0336. The van der Waals surface area contributed by atoms with E-state index >= 15 is 0 Å². The molecule has 2 heteroatoms. The van der Waals surface area contributed by atoms with Crippen molar-refractivity contribution in [1.82, 2.24) is 0 Å². The first-order chi connectivity index (χ1) is 4.84. The van der Waals surface area contributed by atoms with Gasteiger partial charge in [-0.1, -0.05) is 12.8 Å². The third-order valence-corrected chi connectivity index (χ3v) is 2.22. The molecule has 0 saturated heterocycles. The Bertz CT molecular complexity index is 114. The van der Waals surface area contributed by atoms with Crippen LogP contribution in [0.4, 0.5) is 4.39 Å². The number of halogens is 1. The molecule has 0 aromatic rings. The van der Waals surface area contributed by atoms with E-state index in [0.717, 1.165) is 25.5 Å². The molecule has 0 aliphatic heterocycles. The average molecular weight is 144 g/mol. The average Bonchev–Trinajstić information content (AvgIpc) is 1.94. The predicted octanol–water partition coefficient (Wildman–Crippen LogP) is 2.10. The van der Waals surface area contributed by atoms with E-state index in [4.69, 9.17) is 0 Å². The molecule has 0 spiro atoms. The minimum atomic E-state index is -0.709. The van der Waals surface area contributed by atoms with E-state index in [1.54, 1.807) is 0 Å². The molecule has 0 radical (unpaired) electrons. The number of carbonyl (C=O) groups excluding carboxylic acids is 1. The van der Waals surface area contributed by atoms with Gasteiger partial charge in [-0.25, -0.2) is 4.39 Å². The molecule has 1 saturated carbocycles. The van der Waals surface area contributed by atoms with Crippen molar-refractivity contribution in [3.05, 3.63) is 0 Å². The second-order valence-corrected chi connectivity index (χ2v) is 2.96. The van der Waals surface area contributed by atoms with Gasteiger partial charge < -0.3 is 4.79 Å². The lowest BCUT2D eigenvalue weighted by atomic mass is 9.86. The second-order valence-electron chi connectivity index (χ2n) is 2.96. The number of rotatable bonds is 2. The molecule has 0 aromatic heterocycles. The molecule has 1 aliphatic carbocycles. The van der Waals surface area contributed by atoms with Crippen LogP contribution in [0.3, 0.4) is 0 Å². The van der Waals surface area contributed by atoms with Gasteiger partial charge >= 0.3 is 0 Å². The number of alkyl halides is 1. The molecule has 0 N–H and O–H groups in total. The predicted molar refractivity (Wildman–Crippen MR) is 37.5 cm³/mol. The van der Waals surface area contributed by atoms with Crippen molar-refractivity contribution in [2.45, 2.75) is 38.3 Å². The summed E-state index contributed by atoms with van der Waals surface area (Å²) >= 11 is 0. The highest BCUT2D eigenvalue weighted by molar-refractivity contribution is 5.49. The maximum Gasteiger partial charge on any atom is 0.120 e. The molecule has 0 bridgehead atoms. The van der Waals surface area contributed by atoms with E-state index < -0.39 is 6.17 Å². The van der Waals surface area contributed by atoms with Crippen molar-refractivity contribution in [2.24, 2.45) is 5.92 Å². The summed E-state index contributed by atoms with van der Waals surface area (Å²) in [6.45, 7) is 0. The molecule has 2 atom stereocenters. The minimum absolute atomic E-state index is 0.0336. The molecule has 1 aliphatic rings. The van der Waals surface area contributed by atoms with Gasteiger partial charge in [-0.15, -0.1) is 0 Å². The highest BCUT2D eigenvalue weighted by atomic mass is 19.1. The van der Waals surface area contributed by atoms with E-state index in [1.807, 2.05) is 0 Å². The summed E-state index contributed by atoms with van der Waals surface area (Å²) in [5, 5.41) is 0. The Balaban J connectivity index is 2.32. The van der Waals surface area contributed by atoms with Gasteiger partial charge in [-0.05, 0) is 18.8 Å². The maximum atomic E-state index is 12.9. The molecule has 2 unspecified atom stereocenters. The molecule has 0 amide bonds. The van der Waals surface area contributed by atoms with E-state index in [0.29, 0.717) is 12.8 Å². The second kappa shape index (κ2) is 3.69. The van der Waals surface area contributed by atoms with E-state index in [9.17, 15) is 9.18 Å². The van der Waals surface area contributed by atoms with Gasteiger partial charge in [0.25, 0.3) is 0 Å². The fourth-order valence-corrected chi connectivity index (χ4v) is 1.55. The van der Waals surface area contributed by atoms with Crippen molar-refractivity contribution < 1.29 is 9.18 Å². The summed E-state index contributed by atoms with van der Waals surface area (Å²) in [7, 11) is 0. The lowest BCUT2D eigenvalue weighted by molar-refractivity contribution is -0.109. The molecule has 10 heavy (non-hydrogen) atoms. The standard InChI is InChI=1S/C8H13FO/c9-8-4-2-1-3-7(8)5-6-10/h6-8H,1-5H2. The van der Waals surface area contributed by atoms with E-state index in [-0.39, 0.29) is 5.92 Å². The fourth-order valence-electron chi connectivity index (χ4n) is 1.55. The molecule has 1 nitrogen and oxygen atoms in total. The molecule has 1 fully saturated rings. The van der Waals surface area contributed by atoms with Crippen LogP contribution in [-0.4, -0.2) is 12.5 Å². The first-order valence-corrected chi connectivity index (χ1v) is 3.92. The largest absolute Gasteiger partial charge is 0.303 e. The van der Waals surface area contributed by atoms with Gasteiger partial charge in [-0.3, -0.25) is 0 Å². The van der Waals surface area contributed by atoms with Crippen LogP contribution in [0.2, 0.25) is 0 Å². The zero-order valence-electron chi connectivity index (χ0n) is 6.05. The summed E-state index contributed by atoms with van der Waals surface area (Å²) in [5.41, 5.74) is 0. The van der Waals surface area contributed by atoms with Crippen LogP contribution in [0.25, 0.3) is 0 Å². The summed E-state index contributed by atoms with van der Waals surface area (Å²) in [4.78, 5) is 10.1. The molecular formula is C8H13FO. The Morgan fingerprint density at radius 2 is 2.10 bits per heavy atom. The first kappa shape index (κ1) is 7.70. The zero-order chi connectivity index (χ0) is 7.40. The van der Waals surface area contributed by atoms with Crippen molar-refractivity contribution >= 4 is 6.29 Å². The van der Waals surface area contributed by atoms with Gasteiger partial charge in [0.1, 0.15) is 12.5 Å². The summed E-state index contributed by atoms with van der Waals surface area (Å²) < 4.78 is 12.9. The van der Waals surface area contributed by atoms with Crippen molar-refractivity contribution in [3.8, 4) is 0 Å². The molecule has 0 heterocycles. The number of hydrogen-bond acceptors (Lipinski definition) is 1. The van der Waals surface area contributed by atoms with Gasteiger partial charge in [-0.2, -0.15) is 0 Å². The van der Waals surface area contributed by atoms with Crippen LogP contribution in [0.1, 0.15) is 32.1 Å². The summed E-state index contributed by atoms with van der Waals surface area (Å²) in [6.07, 6.45) is 4.20. The summed E-state index contributed by atoms with van der Waals surface area (Å²) in [6, 6.07) is 0. The van der Waals surface area contributed by atoms with Crippen LogP contribution in [-0.2, 0) is 4.79 Å². The van der Waals surface area contributed by atoms with Crippen molar-refractivity contribution in [3.63, 3.8) is 0 Å². The molecule has 0 aromatic carbocycles. The third kappa shape index (κ3) is 1.79. The molecular weight excluding hydrogens is 131 g/mol. The highest BCUT2D eigenvalue weighted by Crippen LogP contribution is 2.28. The molecule has 58 valence electrons. The Kier molecular flexibility index (Phi) is 2.84. The SMILES string of the molecule is O=CCC1CCCCC1F. The van der Waals surface area contributed by atoms with E-state index in [1.165, 1.54) is 0 Å². The Morgan fingerprint density at radius 1 is 1.40 bits per heavy atom. The normalized spacial score (nSPS) is 33.7. The Hall–Kier alpha value is -0.400. The lowest BCUT2D eigenvalue weighted by Gasteiger charge is -2.23. The van der Waals surface area contributed by atoms with Gasteiger partial charge in [0, 0.05) is 6.42 Å². The van der Waals surface area contributed by atoms with Crippen molar-refractivity contribution in [1.29, 1.82) is 0 Å². The Labute approximate surface area is 60.6 Å². The van der Waals surface area contributed by atoms with Crippen LogP contribution in [0, 0.1) is 5.92 Å².